The average molecular weight is 231 g/mol. The zero-order valence-corrected chi connectivity index (χ0v) is 9.22. The van der Waals surface area contributed by atoms with Crippen molar-refractivity contribution in [3.8, 4) is 6.01 Å². The molecule has 0 amide bonds. The van der Waals surface area contributed by atoms with Crippen LogP contribution < -0.4 is 4.74 Å². The molecule has 0 bridgehead atoms. The second-order valence-corrected chi connectivity index (χ2v) is 4.77. The number of halogens is 1. The van der Waals surface area contributed by atoms with Gasteiger partial charge in [0, 0.05) is 0 Å². The van der Waals surface area contributed by atoms with E-state index in [0.717, 1.165) is 24.3 Å². The molecule has 2 rings (SSSR count). The topological polar surface area (TPSA) is 35.0 Å². The zero-order chi connectivity index (χ0) is 9.80. The molecule has 0 radical (unpaired) electrons. The molecular formula is C9H11ClN2OS. The average Bonchev–Trinajstić information content (AvgIpc) is 2.23. The van der Waals surface area contributed by atoms with Gasteiger partial charge in [0.25, 0.3) is 0 Å². The van der Waals surface area contributed by atoms with Crippen molar-refractivity contribution < 1.29 is 4.74 Å². The lowest BCUT2D eigenvalue weighted by Crippen LogP contribution is -2.22. The van der Waals surface area contributed by atoms with Crippen LogP contribution >= 0.6 is 23.4 Å². The number of hydrogen-bond acceptors (Lipinski definition) is 4. The molecule has 0 saturated carbocycles. The maximum atomic E-state index is 5.67. The van der Waals surface area contributed by atoms with Crippen molar-refractivity contribution in [3.63, 3.8) is 0 Å². The fraction of sp³-hybridized carbons (Fsp3) is 0.556. The highest BCUT2D eigenvalue weighted by atomic mass is 35.5. The molecule has 3 nitrogen and oxygen atoms in total. The van der Waals surface area contributed by atoms with Gasteiger partial charge in [0.2, 0.25) is 0 Å². The van der Waals surface area contributed by atoms with Crippen molar-refractivity contribution in [2.45, 2.75) is 18.9 Å². The number of ether oxygens (including phenoxy) is 1. The van der Waals surface area contributed by atoms with Crippen LogP contribution in [0, 0.1) is 0 Å². The van der Waals surface area contributed by atoms with E-state index in [1.54, 1.807) is 12.4 Å². The summed E-state index contributed by atoms with van der Waals surface area (Å²) < 4.78 is 5.62. The van der Waals surface area contributed by atoms with Gasteiger partial charge in [0.1, 0.15) is 6.10 Å². The summed E-state index contributed by atoms with van der Waals surface area (Å²) in [6, 6.07) is 0.436. The third-order valence-electron chi connectivity index (χ3n) is 2.04. The zero-order valence-electron chi connectivity index (χ0n) is 7.65. The molecule has 0 aliphatic carbocycles. The largest absolute Gasteiger partial charge is 0.460 e. The van der Waals surface area contributed by atoms with Crippen LogP contribution in [0.15, 0.2) is 12.4 Å². The van der Waals surface area contributed by atoms with E-state index >= 15 is 0 Å². The molecule has 2 heterocycles. The van der Waals surface area contributed by atoms with Crippen LogP contribution in [0.4, 0.5) is 0 Å². The Labute approximate surface area is 92.2 Å². The third-order valence-corrected chi connectivity index (χ3v) is 3.28. The SMILES string of the molecule is Clc1cnc(OC2CCSCC2)nc1. The fourth-order valence-corrected chi connectivity index (χ4v) is 2.47. The molecule has 1 aromatic heterocycles. The van der Waals surface area contributed by atoms with E-state index in [0.29, 0.717) is 11.0 Å². The van der Waals surface area contributed by atoms with Crippen LogP contribution in [0.1, 0.15) is 12.8 Å². The molecule has 1 aliphatic heterocycles. The molecule has 0 atom stereocenters. The van der Waals surface area contributed by atoms with E-state index in [2.05, 4.69) is 9.97 Å². The number of rotatable bonds is 2. The molecule has 0 aromatic carbocycles. The summed E-state index contributed by atoms with van der Waals surface area (Å²) >= 11 is 7.64. The Morgan fingerprint density at radius 2 is 1.93 bits per heavy atom. The molecule has 1 fully saturated rings. The van der Waals surface area contributed by atoms with Gasteiger partial charge in [-0.05, 0) is 24.3 Å². The van der Waals surface area contributed by atoms with Crippen molar-refractivity contribution >= 4 is 23.4 Å². The Balaban J connectivity index is 1.92. The van der Waals surface area contributed by atoms with Crippen LogP contribution in [-0.4, -0.2) is 27.6 Å². The summed E-state index contributed by atoms with van der Waals surface area (Å²) in [5.41, 5.74) is 0. The van der Waals surface area contributed by atoms with E-state index in [1.165, 1.54) is 0 Å². The maximum absolute atomic E-state index is 5.67. The fourth-order valence-electron chi connectivity index (χ4n) is 1.30. The Morgan fingerprint density at radius 3 is 2.57 bits per heavy atom. The predicted molar refractivity (Wildman–Crippen MR) is 58.0 cm³/mol. The lowest BCUT2D eigenvalue weighted by molar-refractivity contribution is 0.176. The maximum Gasteiger partial charge on any atom is 0.316 e. The summed E-state index contributed by atoms with van der Waals surface area (Å²) in [5, 5.41) is 0.538. The Bertz CT molecular complexity index is 287. The van der Waals surface area contributed by atoms with Gasteiger partial charge in [-0.2, -0.15) is 11.8 Å². The molecule has 1 aliphatic rings. The normalized spacial score (nSPS) is 18.1. The first-order chi connectivity index (χ1) is 6.84. The minimum Gasteiger partial charge on any atom is -0.460 e. The summed E-state index contributed by atoms with van der Waals surface area (Å²) in [4.78, 5) is 8.00. The van der Waals surface area contributed by atoms with Gasteiger partial charge < -0.3 is 4.74 Å². The smallest absolute Gasteiger partial charge is 0.316 e. The van der Waals surface area contributed by atoms with Crippen molar-refractivity contribution in [1.29, 1.82) is 0 Å². The first kappa shape index (κ1) is 10.1. The van der Waals surface area contributed by atoms with E-state index in [9.17, 15) is 0 Å². The highest BCUT2D eigenvalue weighted by Gasteiger charge is 2.15. The van der Waals surface area contributed by atoms with Crippen LogP contribution in [0.25, 0.3) is 0 Å². The van der Waals surface area contributed by atoms with E-state index in [-0.39, 0.29) is 6.10 Å². The minimum atomic E-state index is 0.275. The van der Waals surface area contributed by atoms with Gasteiger partial charge in [0.15, 0.2) is 0 Å². The summed E-state index contributed by atoms with van der Waals surface area (Å²) in [6.07, 6.45) is 5.55. The number of thioether (sulfide) groups is 1. The molecule has 14 heavy (non-hydrogen) atoms. The van der Waals surface area contributed by atoms with Crippen LogP contribution in [0.5, 0.6) is 6.01 Å². The highest BCUT2D eigenvalue weighted by Crippen LogP contribution is 2.20. The molecule has 76 valence electrons. The molecule has 0 N–H and O–H groups in total. The van der Waals surface area contributed by atoms with Crippen LogP contribution in [0.3, 0.4) is 0 Å². The number of nitrogens with zero attached hydrogens (tertiary/aromatic N) is 2. The Hall–Kier alpha value is -0.480. The van der Waals surface area contributed by atoms with E-state index < -0.39 is 0 Å². The van der Waals surface area contributed by atoms with Gasteiger partial charge in [0.05, 0.1) is 17.4 Å². The van der Waals surface area contributed by atoms with Crippen LogP contribution in [0.2, 0.25) is 5.02 Å². The van der Waals surface area contributed by atoms with Crippen molar-refractivity contribution in [1.82, 2.24) is 9.97 Å². The number of aromatic nitrogens is 2. The first-order valence-electron chi connectivity index (χ1n) is 4.56. The Morgan fingerprint density at radius 1 is 1.29 bits per heavy atom. The summed E-state index contributed by atoms with van der Waals surface area (Å²) in [6.45, 7) is 0. The van der Waals surface area contributed by atoms with Crippen molar-refractivity contribution in [2.75, 3.05) is 11.5 Å². The monoisotopic (exact) mass is 230 g/mol. The summed E-state index contributed by atoms with van der Waals surface area (Å²) in [5.74, 6) is 2.33. The second kappa shape index (κ2) is 4.84. The molecule has 1 aromatic rings. The molecule has 0 unspecified atom stereocenters. The lowest BCUT2D eigenvalue weighted by Gasteiger charge is -2.21. The Kier molecular flexibility index (Phi) is 3.48. The molecule has 5 heteroatoms. The quantitative estimate of drug-likeness (QED) is 0.782. The minimum absolute atomic E-state index is 0.275. The molecule has 1 saturated heterocycles. The van der Waals surface area contributed by atoms with Gasteiger partial charge >= 0.3 is 6.01 Å². The molecular weight excluding hydrogens is 220 g/mol. The van der Waals surface area contributed by atoms with Gasteiger partial charge in [-0.3, -0.25) is 0 Å². The first-order valence-corrected chi connectivity index (χ1v) is 6.10. The van der Waals surface area contributed by atoms with Gasteiger partial charge in [-0.1, -0.05) is 11.6 Å². The van der Waals surface area contributed by atoms with E-state index in [1.807, 2.05) is 11.8 Å². The molecule has 0 spiro atoms. The summed E-state index contributed by atoms with van der Waals surface area (Å²) in [7, 11) is 0. The van der Waals surface area contributed by atoms with Gasteiger partial charge in [-0.15, -0.1) is 0 Å². The van der Waals surface area contributed by atoms with Gasteiger partial charge in [-0.25, -0.2) is 9.97 Å². The van der Waals surface area contributed by atoms with Crippen LogP contribution in [-0.2, 0) is 0 Å². The lowest BCUT2D eigenvalue weighted by atomic mass is 10.2. The number of hydrogen-bond donors (Lipinski definition) is 0. The van der Waals surface area contributed by atoms with E-state index in [4.69, 9.17) is 16.3 Å². The van der Waals surface area contributed by atoms with Crippen molar-refractivity contribution in [3.05, 3.63) is 17.4 Å². The third kappa shape index (κ3) is 2.75. The van der Waals surface area contributed by atoms with Crippen molar-refractivity contribution in [2.24, 2.45) is 0 Å². The predicted octanol–water partition coefficient (Wildman–Crippen LogP) is 2.40. The second-order valence-electron chi connectivity index (χ2n) is 3.11. The standard InChI is InChI=1S/C9H11ClN2OS/c10-7-5-11-9(12-6-7)13-8-1-3-14-4-2-8/h5-6,8H,1-4H2. The highest BCUT2D eigenvalue weighted by molar-refractivity contribution is 7.99.